The number of rotatable bonds is 15. The molecule has 23 heavy (non-hydrogen) atoms. The van der Waals surface area contributed by atoms with E-state index < -0.39 is 7.59 Å². The highest BCUT2D eigenvalue weighted by molar-refractivity contribution is 7.81. The third-order valence-corrected chi connectivity index (χ3v) is 7.86. The molecule has 0 spiro atoms. The third kappa shape index (κ3) is 8.18. The third-order valence-electron chi connectivity index (χ3n) is 3.25. The second-order valence-electron chi connectivity index (χ2n) is 4.72. The fraction of sp³-hybridized carbons (Fsp3) is 1.00. The van der Waals surface area contributed by atoms with Crippen LogP contribution in [0.4, 0.5) is 0 Å². The highest BCUT2D eigenvalue weighted by Crippen LogP contribution is 2.56. The molecule has 140 valence electrons. The second kappa shape index (κ2) is 15.3. The largest absolute Gasteiger partial charge is 0.287 e. The molecule has 0 aromatic heterocycles. The molecule has 0 saturated carbocycles. The molecule has 0 aliphatic carbocycles. The number of nitrogens with zero attached hydrogens (tertiary/aromatic N) is 3. The zero-order valence-corrected chi connectivity index (χ0v) is 19.6. The Morgan fingerprint density at radius 3 is 0.783 bits per heavy atom. The van der Waals surface area contributed by atoms with Crippen LogP contribution < -0.4 is 0 Å². The Kier molecular flexibility index (Phi) is 16.8. The fourth-order valence-corrected chi connectivity index (χ4v) is 7.98. The SMILES string of the molecule is O=P(N(CCS)CCS)(N(CCS)CCS)N(CCS)CCS. The minimum absolute atomic E-state index is 0.642. The predicted molar refractivity (Wildman–Crippen MR) is 125 cm³/mol. The van der Waals surface area contributed by atoms with Crippen LogP contribution >= 0.6 is 83.4 Å². The molecule has 0 fully saturated rings. The monoisotopic (exact) mass is 455 g/mol. The molecule has 0 rings (SSSR count). The van der Waals surface area contributed by atoms with Gasteiger partial charge in [-0.05, 0) is 0 Å². The lowest BCUT2D eigenvalue weighted by Gasteiger charge is -2.44. The first-order valence-electron chi connectivity index (χ1n) is 7.58. The van der Waals surface area contributed by atoms with Gasteiger partial charge in [-0.15, -0.1) is 0 Å². The van der Waals surface area contributed by atoms with Crippen LogP contribution in [0, 0.1) is 0 Å². The average molecular weight is 456 g/mol. The van der Waals surface area contributed by atoms with Crippen LogP contribution in [0.15, 0.2) is 0 Å². The van der Waals surface area contributed by atoms with E-state index in [1.807, 2.05) is 14.0 Å². The van der Waals surface area contributed by atoms with Crippen molar-refractivity contribution in [2.75, 3.05) is 73.8 Å². The van der Waals surface area contributed by atoms with Gasteiger partial charge in [0.1, 0.15) is 0 Å². The summed E-state index contributed by atoms with van der Waals surface area (Å²) in [5.74, 6) is 3.85. The topological polar surface area (TPSA) is 26.8 Å². The minimum atomic E-state index is -2.94. The van der Waals surface area contributed by atoms with E-state index >= 15 is 0 Å². The van der Waals surface area contributed by atoms with Gasteiger partial charge in [0.2, 0.25) is 0 Å². The zero-order valence-electron chi connectivity index (χ0n) is 13.4. The smallest absolute Gasteiger partial charge is 0.270 e. The molecule has 0 heterocycles. The first-order chi connectivity index (χ1) is 11.1. The number of hydrogen-bond acceptors (Lipinski definition) is 7. The highest BCUT2D eigenvalue weighted by Gasteiger charge is 2.41. The zero-order chi connectivity index (χ0) is 17.7. The van der Waals surface area contributed by atoms with Crippen molar-refractivity contribution in [3.8, 4) is 0 Å². The molecular formula is C12H30N3OPS6. The van der Waals surface area contributed by atoms with Crippen molar-refractivity contribution >= 4 is 83.4 Å². The normalized spacial score (nSPS) is 12.7. The summed E-state index contributed by atoms with van der Waals surface area (Å²) < 4.78 is 20.3. The van der Waals surface area contributed by atoms with Gasteiger partial charge in [0.05, 0.1) is 0 Å². The lowest BCUT2D eigenvalue weighted by molar-refractivity contribution is 0.295. The lowest BCUT2D eigenvalue weighted by atomic mass is 10.6. The molecule has 0 bridgehead atoms. The molecule has 0 amide bonds. The predicted octanol–water partition coefficient (Wildman–Crippen LogP) is 2.58. The maximum atomic E-state index is 14.2. The summed E-state index contributed by atoms with van der Waals surface area (Å²) in [4.78, 5) is 0. The van der Waals surface area contributed by atoms with Crippen LogP contribution in [0.25, 0.3) is 0 Å². The van der Waals surface area contributed by atoms with Crippen molar-refractivity contribution < 1.29 is 4.57 Å². The Morgan fingerprint density at radius 2 is 0.652 bits per heavy atom. The van der Waals surface area contributed by atoms with Crippen LogP contribution in [-0.2, 0) is 4.57 Å². The lowest BCUT2D eigenvalue weighted by Crippen LogP contribution is -2.45. The van der Waals surface area contributed by atoms with Gasteiger partial charge in [-0.25, -0.2) is 14.0 Å². The molecule has 0 atom stereocenters. The van der Waals surface area contributed by atoms with Gasteiger partial charge in [-0.3, -0.25) is 4.57 Å². The molecule has 0 saturated heterocycles. The molecule has 4 nitrogen and oxygen atoms in total. The molecule has 0 radical (unpaired) electrons. The van der Waals surface area contributed by atoms with E-state index in [0.717, 1.165) is 0 Å². The molecule has 0 aromatic rings. The van der Waals surface area contributed by atoms with Crippen molar-refractivity contribution in [2.24, 2.45) is 0 Å². The van der Waals surface area contributed by atoms with Gasteiger partial charge in [0, 0.05) is 73.8 Å². The molecule has 0 aliphatic heterocycles. The van der Waals surface area contributed by atoms with Gasteiger partial charge >= 0.3 is 0 Å². The molecule has 0 aliphatic rings. The van der Waals surface area contributed by atoms with Gasteiger partial charge in [-0.1, -0.05) is 0 Å². The molecule has 0 aromatic carbocycles. The number of hydrogen-bond donors (Lipinski definition) is 6. The van der Waals surface area contributed by atoms with Crippen molar-refractivity contribution in [2.45, 2.75) is 0 Å². The Balaban J connectivity index is 5.79. The van der Waals surface area contributed by atoms with E-state index in [9.17, 15) is 4.57 Å². The van der Waals surface area contributed by atoms with Crippen molar-refractivity contribution in [3.05, 3.63) is 0 Å². The van der Waals surface area contributed by atoms with Crippen LogP contribution in [0.2, 0.25) is 0 Å². The van der Waals surface area contributed by atoms with E-state index in [2.05, 4.69) is 75.8 Å². The van der Waals surface area contributed by atoms with Gasteiger partial charge in [0.15, 0.2) is 0 Å². The van der Waals surface area contributed by atoms with Crippen LogP contribution in [0.5, 0.6) is 0 Å². The quantitative estimate of drug-likeness (QED) is 0.169. The average Bonchev–Trinajstić information content (AvgIpc) is 2.53. The van der Waals surface area contributed by atoms with E-state index in [4.69, 9.17) is 0 Å². The summed E-state index contributed by atoms with van der Waals surface area (Å²) in [6.07, 6.45) is 0. The van der Waals surface area contributed by atoms with Crippen LogP contribution in [0.3, 0.4) is 0 Å². The minimum Gasteiger partial charge on any atom is -0.270 e. The van der Waals surface area contributed by atoms with Crippen molar-refractivity contribution in [1.29, 1.82) is 0 Å². The Bertz CT molecular complexity index is 276. The summed E-state index contributed by atoms with van der Waals surface area (Å²) >= 11 is 26.1. The summed E-state index contributed by atoms with van der Waals surface area (Å²) in [5.41, 5.74) is 0. The van der Waals surface area contributed by atoms with Gasteiger partial charge < -0.3 is 0 Å². The standard InChI is InChI=1S/C12H30N3OPS6/c16-17(13(1-7-18)2-8-19,14(3-9-20)4-10-21)15(5-11-22)6-12-23/h18-23H,1-12H2. The first kappa shape index (κ1) is 25.2. The molecule has 0 unspecified atom stereocenters. The summed E-state index contributed by atoms with van der Waals surface area (Å²) in [7, 11) is -2.94. The summed E-state index contributed by atoms with van der Waals surface area (Å²) in [5, 5.41) is 0. The number of thiol groups is 6. The highest BCUT2D eigenvalue weighted by atomic mass is 32.1. The fourth-order valence-electron chi connectivity index (χ4n) is 2.35. The second-order valence-corrected chi connectivity index (χ2v) is 10.1. The summed E-state index contributed by atoms with van der Waals surface area (Å²) in [6.45, 7) is 3.87. The van der Waals surface area contributed by atoms with E-state index in [1.165, 1.54) is 0 Å². The maximum absolute atomic E-state index is 14.2. The Labute approximate surface area is 174 Å². The summed E-state index contributed by atoms with van der Waals surface area (Å²) in [6, 6.07) is 0. The van der Waals surface area contributed by atoms with E-state index in [0.29, 0.717) is 73.8 Å². The molecule has 0 N–H and O–H groups in total. The van der Waals surface area contributed by atoms with Crippen LogP contribution in [0.1, 0.15) is 0 Å². The first-order valence-corrected chi connectivity index (χ1v) is 12.9. The molecular weight excluding hydrogens is 426 g/mol. The Hall–Kier alpha value is 2.21. The van der Waals surface area contributed by atoms with Crippen LogP contribution in [-0.4, -0.2) is 87.8 Å². The van der Waals surface area contributed by atoms with Gasteiger partial charge in [0.25, 0.3) is 7.59 Å². The van der Waals surface area contributed by atoms with Crippen molar-refractivity contribution in [1.82, 2.24) is 14.0 Å². The van der Waals surface area contributed by atoms with E-state index in [-0.39, 0.29) is 0 Å². The van der Waals surface area contributed by atoms with Gasteiger partial charge in [-0.2, -0.15) is 75.8 Å². The maximum Gasteiger partial charge on any atom is 0.287 e. The van der Waals surface area contributed by atoms with E-state index in [1.54, 1.807) is 0 Å². The van der Waals surface area contributed by atoms with Crippen molar-refractivity contribution in [3.63, 3.8) is 0 Å². The Morgan fingerprint density at radius 1 is 0.478 bits per heavy atom. The molecule has 11 heteroatoms.